The Morgan fingerprint density at radius 1 is 1.00 bits per heavy atom. The van der Waals surface area contributed by atoms with Crippen LogP contribution in [0.15, 0.2) is 0 Å². The molecule has 0 radical (unpaired) electrons. The van der Waals surface area contributed by atoms with E-state index in [0.29, 0.717) is 5.41 Å². The first-order chi connectivity index (χ1) is 5.62. The summed E-state index contributed by atoms with van der Waals surface area (Å²) in [5.74, 6) is 0.823. The summed E-state index contributed by atoms with van der Waals surface area (Å²) in [6.07, 6.45) is 7.86. The molecule has 0 fully saturated rings. The van der Waals surface area contributed by atoms with Crippen LogP contribution in [0.25, 0.3) is 0 Å². The van der Waals surface area contributed by atoms with E-state index >= 15 is 0 Å². The van der Waals surface area contributed by atoms with E-state index in [0.717, 1.165) is 5.88 Å². The zero-order valence-electron chi connectivity index (χ0n) is 8.83. The van der Waals surface area contributed by atoms with E-state index in [2.05, 4.69) is 20.8 Å². The number of unbranched alkanes of at least 4 members (excludes halogenated alkanes) is 2. The van der Waals surface area contributed by atoms with Crippen molar-refractivity contribution < 1.29 is 0 Å². The molecule has 0 spiro atoms. The van der Waals surface area contributed by atoms with E-state index in [1.807, 2.05) is 0 Å². The molecule has 1 heteroatoms. The van der Waals surface area contributed by atoms with Gasteiger partial charge in [0.25, 0.3) is 0 Å². The lowest BCUT2D eigenvalue weighted by molar-refractivity contribution is 0.289. The standard InChI is InChI=1S/C11H23Cl/c1-4-5-8-11(2,3)9-6-7-10-12/h4-10H2,1-3H3. The Hall–Kier alpha value is 0.290. The fourth-order valence-electron chi connectivity index (χ4n) is 1.48. The van der Waals surface area contributed by atoms with E-state index in [9.17, 15) is 0 Å². The smallest absolute Gasteiger partial charge is 0.0223 e. The Kier molecular flexibility index (Phi) is 6.93. The highest BCUT2D eigenvalue weighted by molar-refractivity contribution is 6.17. The Labute approximate surface area is 82.7 Å². The van der Waals surface area contributed by atoms with Gasteiger partial charge in [-0.05, 0) is 24.7 Å². The number of rotatable bonds is 7. The zero-order chi connectivity index (χ0) is 9.45. The van der Waals surface area contributed by atoms with E-state index < -0.39 is 0 Å². The first-order valence-corrected chi connectivity index (χ1v) is 5.72. The largest absolute Gasteiger partial charge is 0.127 e. The molecule has 0 bridgehead atoms. The molecule has 0 aliphatic rings. The maximum Gasteiger partial charge on any atom is 0.0223 e. The van der Waals surface area contributed by atoms with Gasteiger partial charge in [-0.3, -0.25) is 0 Å². The van der Waals surface area contributed by atoms with Gasteiger partial charge in [0.15, 0.2) is 0 Å². The Morgan fingerprint density at radius 3 is 2.08 bits per heavy atom. The topological polar surface area (TPSA) is 0 Å². The van der Waals surface area contributed by atoms with Crippen LogP contribution >= 0.6 is 11.6 Å². The summed E-state index contributed by atoms with van der Waals surface area (Å²) in [6.45, 7) is 7.00. The molecule has 0 nitrogen and oxygen atoms in total. The maximum absolute atomic E-state index is 5.63. The van der Waals surface area contributed by atoms with Crippen molar-refractivity contribution in [2.45, 2.75) is 59.3 Å². The minimum Gasteiger partial charge on any atom is -0.127 e. The third-order valence-electron chi connectivity index (χ3n) is 2.44. The average molecular weight is 191 g/mol. The summed E-state index contributed by atoms with van der Waals surface area (Å²) in [6, 6.07) is 0. The molecule has 0 rings (SSSR count). The van der Waals surface area contributed by atoms with Gasteiger partial charge in [-0.2, -0.15) is 0 Å². The van der Waals surface area contributed by atoms with Crippen molar-refractivity contribution in [2.24, 2.45) is 5.41 Å². The molecule has 74 valence electrons. The Morgan fingerprint density at radius 2 is 1.58 bits per heavy atom. The molecule has 0 aliphatic carbocycles. The van der Waals surface area contributed by atoms with Crippen LogP contribution in [0.5, 0.6) is 0 Å². The van der Waals surface area contributed by atoms with Gasteiger partial charge in [0.05, 0.1) is 0 Å². The van der Waals surface area contributed by atoms with Gasteiger partial charge < -0.3 is 0 Å². The second-order valence-electron chi connectivity index (χ2n) is 4.41. The van der Waals surface area contributed by atoms with Crippen LogP contribution < -0.4 is 0 Å². The van der Waals surface area contributed by atoms with Crippen molar-refractivity contribution in [3.63, 3.8) is 0 Å². The van der Waals surface area contributed by atoms with Crippen molar-refractivity contribution in [1.82, 2.24) is 0 Å². The van der Waals surface area contributed by atoms with Gasteiger partial charge >= 0.3 is 0 Å². The fraction of sp³-hybridized carbons (Fsp3) is 1.00. The van der Waals surface area contributed by atoms with E-state index in [4.69, 9.17) is 11.6 Å². The van der Waals surface area contributed by atoms with Crippen LogP contribution in [0, 0.1) is 5.41 Å². The first kappa shape index (κ1) is 12.3. The Bertz CT molecular complexity index is 97.2. The van der Waals surface area contributed by atoms with Crippen molar-refractivity contribution >= 4 is 11.6 Å². The second kappa shape index (κ2) is 6.77. The van der Waals surface area contributed by atoms with Gasteiger partial charge in [-0.1, -0.05) is 40.0 Å². The molecule has 12 heavy (non-hydrogen) atoms. The van der Waals surface area contributed by atoms with Crippen LogP contribution in [0.1, 0.15) is 59.3 Å². The van der Waals surface area contributed by atoms with Gasteiger partial charge in [0.1, 0.15) is 0 Å². The van der Waals surface area contributed by atoms with Crippen molar-refractivity contribution in [3.8, 4) is 0 Å². The van der Waals surface area contributed by atoms with Gasteiger partial charge in [-0.25, -0.2) is 0 Å². The fourth-order valence-corrected chi connectivity index (χ4v) is 1.67. The lowest BCUT2D eigenvalue weighted by Crippen LogP contribution is -2.10. The van der Waals surface area contributed by atoms with Crippen LogP contribution in [0.2, 0.25) is 0 Å². The summed E-state index contributed by atoms with van der Waals surface area (Å²) >= 11 is 5.63. The summed E-state index contributed by atoms with van der Waals surface area (Å²) in [4.78, 5) is 0. The number of hydrogen-bond acceptors (Lipinski definition) is 0. The van der Waals surface area contributed by atoms with Crippen LogP contribution in [-0.4, -0.2) is 5.88 Å². The summed E-state index contributed by atoms with van der Waals surface area (Å²) in [5, 5.41) is 0. The first-order valence-electron chi connectivity index (χ1n) is 5.18. The molecule has 0 N–H and O–H groups in total. The van der Waals surface area contributed by atoms with Gasteiger partial charge in [0, 0.05) is 5.88 Å². The quantitative estimate of drug-likeness (QED) is 0.406. The zero-order valence-corrected chi connectivity index (χ0v) is 9.58. The molecular weight excluding hydrogens is 168 g/mol. The van der Waals surface area contributed by atoms with Gasteiger partial charge in [0.2, 0.25) is 0 Å². The molecule has 0 atom stereocenters. The van der Waals surface area contributed by atoms with E-state index in [-0.39, 0.29) is 0 Å². The number of alkyl halides is 1. The predicted octanol–water partition coefficient (Wildman–Crippen LogP) is 4.61. The molecule has 0 aromatic rings. The van der Waals surface area contributed by atoms with Crippen LogP contribution in [-0.2, 0) is 0 Å². The average Bonchev–Trinajstić information content (AvgIpc) is 2.01. The van der Waals surface area contributed by atoms with Gasteiger partial charge in [-0.15, -0.1) is 11.6 Å². The molecule has 0 aromatic carbocycles. The highest BCUT2D eigenvalue weighted by Gasteiger charge is 2.15. The Balaban J connectivity index is 3.42. The lowest BCUT2D eigenvalue weighted by Gasteiger charge is -2.24. The molecule has 0 aliphatic heterocycles. The monoisotopic (exact) mass is 190 g/mol. The summed E-state index contributed by atoms with van der Waals surface area (Å²) in [5.41, 5.74) is 0.544. The molecule has 0 heterocycles. The second-order valence-corrected chi connectivity index (χ2v) is 4.79. The molecule has 0 saturated heterocycles. The third-order valence-corrected chi connectivity index (χ3v) is 2.71. The molecule has 0 amide bonds. The molecule has 0 aromatic heterocycles. The number of hydrogen-bond donors (Lipinski definition) is 0. The summed E-state index contributed by atoms with van der Waals surface area (Å²) in [7, 11) is 0. The van der Waals surface area contributed by atoms with Crippen molar-refractivity contribution in [1.29, 1.82) is 0 Å². The predicted molar refractivity (Wildman–Crippen MR) is 57.9 cm³/mol. The SMILES string of the molecule is CCCCC(C)(C)CCCCCl. The van der Waals surface area contributed by atoms with Crippen molar-refractivity contribution in [3.05, 3.63) is 0 Å². The van der Waals surface area contributed by atoms with Crippen LogP contribution in [0.4, 0.5) is 0 Å². The van der Waals surface area contributed by atoms with E-state index in [1.165, 1.54) is 38.5 Å². The maximum atomic E-state index is 5.63. The minimum absolute atomic E-state index is 0.544. The summed E-state index contributed by atoms with van der Waals surface area (Å²) < 4.78 is 0. The molecular formula is C11H23Cl. The third kappa shape index (κ3) is 6.97. The van der Waals surface area contributed by atoms with Crippen LogP contribution in [0.3, 0.4) is 0 Å². The van der Waals surface area contributed by atoms with E-state index in [1.54, 1.807) is 0 Å². The highest BCUT2D eigenvalue weighted by atomic mass is 35.5. The van der Waals surface area contributed by atoms with Crippen molar-refractivity contribution in [2.75, 3.05) is 5.88 Å². The molecule has 0 saturated carbocycles. The molecule has 0 unspecified atom stereocenters. The minimum atomic E-state index is 0.544. The number of halogens is 1. The normalized spacial score (nSPS) is 12.0. The lowest BCUT2D eigenvalue weighted by atomic mass is 9.82. The highest BCUT2D eigenvalue weighted by Crippen LogP contribution is 2.29.